The zero-order valence-corrected chi connectivity index (χ0v) is 10.6. The van der Waals surface area contributed by atoms with E-state index < -0.39 is 0 Å². The van der Waals surface area contributed by atoms with Gasteiger partial charge < -0.3 is 10.2 Å². The number of nitrogens with one attached hydrogen (secondary N) is 1. The van der Waals surface area contributed by atoms with Gasteiger partial charge in [-0.05, 0) is 44.1 Å². The van der Waals surface area contributed by atoms with E-state index in [0.717, 1.165) is 32.5 Å². The number of likely N-dealkylation sites (N-methyl/N-ethyl adjacent to an activating group) is 1. The van der Waals surface area contributed by atoms with Crippen LogP contribution in [0.3, 0.4) is 0 Å². The molecular formula is C13H24N2O. The third kappa shape index (κ3) is 2.40. The summed E-state index contributed by atoms with van der Waals surface area (Å²) >= 11 is 0. The number of nitrogens with zero attached hydrogens (tertiary/aromatic N) is 1. The van der Waals surface area contributed by atoms with Crippen LogP contribution in [0.25, 0.3) is 0 Å². The van der Waals surface area contributed by atoms with Crippen molar-refractivity contribution in [2.75, 3.05) is 19.6 Å². The molecule has 1 atom stereocenters. The lowest BCUT2D eigenvalue weighted by atomic mass is 9.99. The highest BCUT2D eigenvalue weighted by molar-refractivity contribution is 5.82. The monoisotopic (exact) mass is 224 g/mol. The maximum atomic E-state index is 12.2. The van der Waals surface area contributed by atoms with Crippen LogP contribution in [0.15, 0.2) is 0 Å². The highest BCUT2D eigenvalue weighted by Gasteiger charge is 2.44. The molecule has 0 spiro atoms. The minimum atomic E-state index is 0.0893. The second kappa shape index (κ2) is 4.74. The summed E-state index contributed by atoms with van der Waals surface area (Å²) in [5.41, 5.74) is 0.490. The van der Waals surface area contributed by atoms with Gasteiger partial charge >= 0.3 is 0 Å². The molecule has 0 bridgehead atoms. The molecule has 1 unspecified atom stereocenters. The van der Waals surface area contributed by atoms with Crippen molar-refractivity contribution in [1.29, 1.82) is 0 Å². The normalized spacial score (nSPS) is 28.2. The SMILES string of the molecule is CCNC1CCCN(CC2(CC)CC2)C1=O. The molecule has 2 fully saturated rings. The predicted octanol–water partition coefficient (Wildman–Crippen LogP) is 1.78. The van der Waals surface area contributed by atoms with Crippen LogP contribution < -0.4 is 5.32 Å². The number of carbonyl (C=O) groups is 1. The van der Waals surface area contributed by atoms with E-state index in [9.17, 15) is 4.79 Å². The van der Waals surface area contributed by atoms with Crippen LogP contribution in [0.1, 0.15) is 46.0 Å². The van der Waals surface area contributed by atoms with Gasteiger partial charge in [0.15, 0.2) is 0 Å². The molecule has 92 valence electrons. The minimum absolute atomic E-state index is 0.0893. The second-order valence-electron chi connectivity index (χ2n) is 5.37. The van der Waals surface area contributed by atoms with E-state index in [2.05, 4.69) is 24.1 Å². The van der Waals surface area contributed by atoms with E-state index in [-0.39, 0.29) is 6.04 Å². The molecule has 2 aliphatic rings. The third-order valence-corrected chi connectivity index (χ3v) is 4.21. The van der Waals surface area contributed by atoms with Crippen molar-refractivity contribution in [2.24, 2.45) is 5.41 Å². The third-order valence-electron chi connectivity index (χ3n) is 4.21. The van der Waals surface area contributed by atoms with Crippen LogP contribution in [0.5, 0.6) is 0 Å². The quantitative estimate of drug-likeness (QED) is 0.772. The molecule has 1 saturated heterocycles. The summed E-state index contributed by atoms with van der Waals surface area (Å²) in [7, 11) is 0. The lowest BCUT2D eigenvalue weighted by Crippen LogP contribution is -2.52. The highest BCUT2D eigenvalue weighted by Crippen LogP contribution is 2.49. The minimum Gasteiger partial charge on any atom is -0.341 e. The molecule has 0 radical (unpaired) electrons. The Balaban J connectivity index is 1.91. The molecule has 1 heterocycles. The lowest BCUT2D eigenvalue weighted by Gasteiger charge is -2.35. The average molecular weight is 224 g/mol. The maximum Gasteiger partial charge on any atom is 0.239 e. The number of piperidine rings is 1. The Morgan fingerprint density at radius 3 is 2.75 bits per heavy atom. The summed E-state index contributed by atoms with van der Waals surface area (Å²) < 4.78 is 0. The Morgan fingerprint density at radius 1 is 1.44 bits per heavy atom. The Kier molecular flexibility index (Phi) is 3.53. The Morgan fingerprint density at radius 2 is 2.19 bits per heavy atom. The van der Waals surface area contributed by atoms with Gasteiger partial charge in [-0.25, -0.2) is 0 Å². The van der Waals surface area contributed by atoms with Crippen molar-refractivity contribution in [2.45, 2.75) is 52.0 Å². The van der Waals surface area contributed by atoms with Crippen LogP contribution in [0.2, 0.25) is 0 Å². The van der Waals surface area contributed by atoms with Crippen LogP contribution in [0.4, 0.5) is 0 Å². The van der Waals surface area contributed by atoms with Crippen LogP contribution in [0, 0.1) is 5.41 Å². The molecule has 1 saturated carbocycles. The smallest absolute Gasteiger partial charge is 0.239 e. The van der Waals surface area contributed by atoms with Gasteiger partial charge in [0.25, 0.3) is 0 Å². The number of rotatable bonds is 5. The van der Waals surface area contributed by atoms with E-state index in [1.54, 1.807) is 0 Å². The fraction of sp³-hybridized carbons (Fsp3) is 0.923. The molecule has 0 aromatic rings. The number of hydrogen-bond acceptors (Lipinski definition) is 2. The first kappa shape index (κ1) is 11.9. The largest absolute Gasteiger partial charge is 0.341 e. The summed E-state index contributed by atoms with van der Waals surface area (Å²) in [6.45, 7) is 7.19. The first-order valence-corrected chi connectivity index (χ1v) is 6.73. The van der Waals surface area contributed by atoms with E-state index in [1.165, 1.54) is 19.3 Å². The van der Waals surface area contributed by atoms with E-state index >= 15 is 0 Å². The van der Waals surface area contributed by atoms with Crippen molar-refractivity contribution in [3.8, 4) is 0 Å². The number of amides is 1. The lowest BCUT2D eigenvalue weighted by molar-refractivity contribution is -0.136. The van der Waals surface area contributed by atoms with Gasteiger partial charge in [0.05, 0.1) is 6.04 Å². The number of likely N-dealkylation sites (tertiary alicyclic amines) is 1. The molecule has 2 rings (SSSR count). The zero-order valence-electron chi connectivity index (χ0n) is 10.6. The van der Waals surface area contributed by atoms with E-state index in [0.29, 0.717) is 11.3 Å². The predicted molar refractivity (Wildman–Crippen MR) is 65.2 cm³/mol. The van der Waals surface area contributed by atoms with Crippen molar-refractivity contribution >= 4 is 5.91 Å². The summed E-state index contributed by atoms with van der Waals surface area (Å²) in [5, 5.41) is 3.30. The Labute approximate surface area is 98.6 Å². The Hall–Kier alpha value is -0.570. The standard InChI is InChI=1S/C13H24N2O/c1-3-13(7-8-13)10-15-9-5-6-11(12(15)16)14-4-2/h11,14H,3-10H2,1-2H3. The maximum absolute atomic E-state index is 12.2. The number of hydrogen-bond donors (Lipinski definition) is 1. The summed E-state index contributed by atoms with van der Waals surface area (Å²) in [5.74, 6) is 0.341. The number of carbonyl (C=O) groups excluding carboxylic acids is 1. The fourth-order valence-corrected chi connectivity index (χ4v) is 2.74. The van der Waals surface area contributed by atoms with Crippen molar-refractivity contribution in [1.82, 2.24) is 10.2 Å². The van der Waals surface area contributed by atoms with Crippen molar-refractivity contribution < 1.29 is 4.79 Å². The van der Waals surface area contributed by atoms with Gasteiger partial charge in [-0.15, -0.1) is 0 Å². The molecule has 1 N–H and O–H groups in total. The molecule has 0 aromatic carbocycles. The van der Waals surface area contributed by atoms with Gasteiger partial charge in [0, 0.05) is 13.1 Å². The summed E-state index contributed by atoms with van der Waals surface area (Å²) in [6.07, 6.45) is 6.03. The van der Waals surface area contributed by atoms with Gasteiger partial charge in [-0.3, -0.25) is 4.79 Å². The second-order valence-corrected chi connectivity index (χ2v) is 5.37. The topological polar surface area (TPSA) is 32.3 Å². The molecule has 3 nitrogen and oxygen atoms in total. The Bertz CT molecular complexity index is 259. The average Bonchev–Trinajstić information content (AvgIpc) is 3.05. The van der Waals surface area contributed by atoms with E-state index in [4.69, 9.17) is 0 Å². The van der Waals surface area contributed by atoms with Crippen molar-refractivity contribution in [3.63, 3.8) is 0 Å². The molecule has 3 heteroatoms. The molecular weight excluding hydrogens is 200 g/mol. The van der Waals surface area contributed by atoms with Gasteiger partial charge in [0.2, 0.25) is 5.91 Å². The summed E-state index contributed by atoms with van der Waals surface area (Å²) in [6, 6.07) is 0.0893. The van der Waals surface area contributed by atoms with Crippen LogP contribution in [-0.2, 0) is 4.79 Å². The van der Waals surface area contributed by atoms with Gasteiger partial charge in [-0.2, -0.15) is 0 Å². The zero-order chi connectivity index (χ0) is 11.6. The molecule has 1 aliphatic carbocycles. The first-order chi connectivity index (χ1) is 7.71. The molecule has 0 aromatic heterocycles. The van der Waals surface area contributed by atoms with Crippen LogP contribution >= 0.6 is 0 Å². The van der Waals surface area contributed by atoms with Crippen molar-refractivity contribution in [3.05, 3.63) is 0 Å². The molecule has 1 amide bonds. The highest BCUT2D eigenvalue weighted by atomic mass is 16.2. The fourth-order valence-electron chi connectivity index (χ4n) is 2.74. The van der Waals surface area contributed by atoms with Crippen LogP contribution in [-0.4, -0.2) is 36.5 Å². The van der Waals surface area contributed by atoms with Gasteiger partial charge in [-0.1, -0.05) is 13.8 Å². The van der Waals surface area contributed by atoms with E-state index in [1.807, 2.05) is 0 Å². The van der Waals surface area contributed by atoms with Gasteiger partial charge in [0.1, 0.15) is 0 Å². The first-order valence-electron chi connectivity index (χ1n) is 6.73. The molecule has 16 heavy (non-hydrogen) atoms. The summed E-state index contributed by atoms with van der Waals surface area (Å²) in [4.78, 5) is 14.3. The molecule has 1 aliphatic heterocycles.